The molecule has 0 radical (unpaired) electrons. The van der Waals surface area contributed by atoms with Crippen LogP contribution in [0.1, 0.15) is 29.0 Å². The van der Waals surface area contributed by atoms with Crippen molar-refractivity contribution in [1.82, 2.24) is 19.5 Å². The highest BCUT2D eigenvalue weighted by atomic mass is 19.3. The zero-order valence-corrected chi connectivity index (χ0v) is 10.4. The van der Waals surface area contributed by atoms with Gasteiger partial charge in [0.2, 0.25) is 5.82 Å². The number of hydrogen-bond donors (Lipinski definition) is 1. The number of fused-ring (bicyclic) bond motifs is 1. The van der Waals surface area contributed by atoms with E-state index in [1.165, 1.54) is 23.2 Å². The number of aliphatic hydroxyl groups is 1. The van der Waals surface area contributed by atoms with Gasteiger partial charge in [0, 0.05) is 19.3 Å². The highest BCUT2D eigenvalue weighted by molar-refractivity contribution is 5.94. The van der Waals surface area contributed by atoms with Crippen molar-refractivity contribution in [2.24, 2.45) is 0 Å². The molecule has 0 bridgehead atoms. The second-order valence-corrected chi connectivity index (χ2v) is 4.70. The maximum absolute atomic E-state index is 12.8. The fourth-order valence-corrected chi connectivity index (χ4v) is 2.29. The molecule has 1 aliphatic heterocycles. The second kappa shape index (κ2) is 4.78. The lowest BCUT2D eigenvalue weighted by Gasteiger charge is -2.15. The van der Waals surface area contributed by atoms with E-state index in [-0.39, 0.29) is 23.7 Å². The molecule has 0 aliphatic carbocycles. The number of hydrogen-bond acceptors (Lipinski definition) is 4. The summed E-state index contributed by atoms with van der Waals surface area (Å²) in [6.45, 7) is 0.725. The molecule has 3 heterocycles. The van der Waals surface area contributed by atoms with Crippen LogP contribution in [-0.2, 0) is 0 Å². The largest absolute Gasteiger partial charge is 0.391 e. The van der Waals surface area contributed by atoms with E-state index >= 15 is 0 Å². The number of likely N-dealkylation sites (tertiary alicyclic amines) is 1. The van der Waals surface area contributed by atoms with Gasteiger partial charge in [-0.3, -0.25) is 9.20 Å². The first-order chi connectivity index (χ1) is 9.56. The molecule has 1 fully saturated rings. The summed E-state index contributed by atoms with van der Waals surface area (Å²) in [4.78, 5) is 13.7. The molecule has 0 spiro atoms. The van der Waals surface area contributed by atoms with Crippen molar-refractivity contribution in [2.45, 2.75) is 19.0 Å². The van der Waals surface area contributed by atoms with Gasteiger partial charge in [-0.15, -0.1) is 10.2 Å². The molecule has 3 rings (SSSR count). The monoisotopic (exact) mass is 282 g/mol. The molecule has 20 heavy (non-hydrogen) atoms. The molecule has 1 N–H and O–H groups in total. The van der Waals surface area contributed by atoms with E-state index in [0.29, 0.717) is 13.0 Å². The fourth-order valence-electron chi connectivity index (χ4n) is 2.29. The number of carbonyl (C=O) groups excluding carboxylic acids is 1. The van der Waals surface area contributed by atoms with Crippen LogP contribution in [0, 0.1) is 0 Å². The van der Waals surface area contributed by atoms with Crippen LogP contribution in [0.4, 0.5) is 8.78 Å². The molecule has 2 aromatic rings. The predicted octanol–water partition coefficient (Wildman–Crippen LogP) is 0.874. The topological polar surface area (TPSA) is 70.7 Å². The van der Waals surface area contributed by atoms with Crippen molar-refractivity contribution in [3.63, 3.8) is 0 Å². The van der Waals surface area contributed by atoms with Crippen molar-refractivity contribution >= 4 is 11.6 Å². The van der Waals surface area contributed by atoms with Gasteiger partial charge in [0.1, 0.15) is 0 Å². The molecular weight excluding hydrogens is 270 g/mol. The lowest BCUT2D eigenvalue weighted by molar-refractivity contribution is 0.0764. The molecule has 1 amide bonds. The van der Waals surface area contributed by atoms with Gasteiger partial charge in [-0.05, 0) is 18.6 Å². The van der Waals surface area contributed by atoms with E-state index in [4.69, 9.17) is 0 Å². The van der Waals surface area contributed by atoms with E-state index in [2.05, 4.69) is 10.2 Å². The summed E-state index contributed by atoms with van der Waals surface area (Å²) in [7, 11) is 0. The molecule has 6 nitrogen and oxygen atoms in total. The Balaban J connectivity index is 1.95. The summed E-state index contributed by atoms with van der Waals surface area (Å²) >= 11 is 0. The highest BCUT2D eigenvalue weighted by Crippen LogP contribution is 2.19. The average Bonchev–Trinajstić information content (AvgIpc) is 3.03. The Morgan fingerprint density at radius 1 is 1.40 bits per heavy atom. The van der Waals surface area contributed by atoms with Crippen molar-refractivity contribution in [1.29, 1.82) is 0 Å². The standard InChI is InChI=1S/C12H12F2N4O2/c13-10(14)11-16-15-9-2-1-7(5-18(9)11)12(20)17-4-3-8(19)6-17/h1-2,5,8,10,19H,3-4,6H2/t8-/m1/s1. The summed E-state index contributed by atoms with van der Waals surface area (Å²) in [5.41, 5.74) is 0.534. The van der Waals surface area contributed by atoms with Crippen LogP contribution in [0.3, 0.4) is 0 Å². The van der Waals surface area contributed by atoms with Gasteiger partial charge in [-0.25, -0.2) is 8.78 Å². The molecule has 1 saturated heterocycles. The number of amides is 1. The maximum atomic E-state index is 12.8. The Kier molecular flexibility index (Phi) is 3.09. The number of aromatic nitrogens is 3. The van der Waals surface area contributed by atoms with Crippen molar-refractivity contribution in [3.8, 4) is 0 Å². The van der Waals surface area contributed by atoms with Gasteiger partial charge >= 0.3 is 0 Å². The van der Waals surface area contributed by atoms with Crippen LogP contribution >= 0.6 is 0 Å². The van der Waals surface area contributed by atoms with Crippen molar-refractivity contribution < 1.29 is 18.7 Å². The third-order valence-electron chi connectivity index (χ3n) is 3.32. The van der Waals surface area contributed by atoms with Crippen LogP contribution in [-0.4, -0.2) is 49.7 Å². The first-order valence-corrected chi connectivity index (χ1v) is 6.16. The fraction of sp³-hybridized carbons (Fsp3) is 0.417. The van der Waals surface area contributed by atoms with E-state index in [1.807, 2.05) is 0 Å². The van der Waals surface area contributed by atoms with Gasteiger partial charge in [0.15, 0.2) is 5.65 Å². The first kappa shape index (κ1) is 12.9. The summed E-state index contributed by atoms with van der Waals surface area (Å²) in [6, 6.07) is 2.99. The third-order valence-corrected chi connectivity index (χ3v) is 3.32. The number of alkyl halides is 2. The van der Waals surface area contributed by atoms with Gasteiger partial charge < -0.3 is 10.0 Å². The van der Waals surface area contributed by atoms with Crippen LogP contribution in [0.25, 0.3) is 5.65 Å². The minimum Gasteiger partial charge on any atom is -0.391 e. The smallest absolute Gasteiger partial charge is 0.297 e. The molecule has 8 heteroatoms. The van der Waals surface area contributed by atoms with E-state index in [9.17, 15) is 18.7 Å². The lowest BCUT2D eigenvalue weighted by atomic mass is 10.2. The van der Waals surface area contributed by atoms with Gasteiger partial charge in [0.05, 0.1) is 11.7 Å². The van der Waals surface area contributed by atoms with E-state index in [0.717, 1.165) is 4.40 Å². The Morgan fingerprint density at radius 3 is 2.85 bits per heavy atom. The lowest BCUT2D eigenvalue weighted by Crippen LogP contribution is -2.29. The Hall–Kier alpha value is -2.09. The number of aliphatic hydroxyl groups excluding tert-OH is 1. The number of β-amino-alcohol motifs (C(OH)–C–C–N with tert-alkyl or cyclic N) is 1. The zero-order valence-electron chi connectivity index (χ0n) is 10.4. The van der Waals surface area contributed by atoms with Crippen LogP contribution in [0.2, 0.25) is 0 Å². The number of carbonyl (C=O) groups is 1. The van der Waals surface area contributed by atoms with Gasteiger partial charge in [-0.2, -0.15) is 0 Å². The first-order valence-electron chi connectivity index (χ1n) is 6.16. The summed E-state index contributed by atoms with van der Waals surface area (Å²) in [5.74, 6) is -0.784. The van der Waals surface area contributed by atoms with Crippen molar-refractivity contribution in [3.05, 3.63) is 29.7 Å². The minimum atomic E-state index is -2.76. The summed E-state index contributed by atoms with van der Waals surface area (Å²) in [6.07, 6.45) is -1.44. The van der Waals surface area contributed by atoms with Gasteiger partial charge in [0.25, 0.3) is 12.3 Å². The predicted molar refractivity (Wildman–Crippen MR) is 64.5 cm³/mol. The zero-order chi connectivity index (χ0) is 14.3. The number of rotatable bonds is 2. The molecule has 106 valence electrons. The number of nitrogens with zero attached hydrogens (tertiary/aromatic N) is 4. The molecular formula is C12H12F2N4O2. The van der Waals surface area contributed by atoms with Crippen LogP contribution in [0.5, 0.6) is 0 Å². The van der Waals surface area contributed by atoms with Crippen molar-refractivity contribution in [2.75, 3.05) is 13.1 Å². The number of halogens is 2. The molecule has 1 atom stereocenters. The SMILES string of the molecule is O=C(c1ccc2nnc(C(F)F)n2c1)N1CC[C@@H](O)C1. The average molecular weight is 282 g/mol. The Morgan fingerprint density at radius 2 is 2.20 bits per heavy atom. The minimum absolute atomic E-state index is 0.262. The molecule has 1 aliphatic rings. The Labute approximate surface area is 112 Å². The summed E-state index contributed by atoms with van der Waals surface area (Å²) in [5, 5.41) is 16.5. The van der Waals surface area contributed by atoms with Gasteiger partial charge in [-0.1, -0.05) is 0 Å². The van der Waals surface area contributed by atoms with Crippen LogP contribution in [0.15, 0.2) is 18.3 Å². The number of pyridine rings is 1. The van der Waals surface area contributed by atoms with E-state index in [1.54, 1.807) is 0 Å². The van der Waals surface area contributed by atoms with E-state index < -0.39 is 18.4 Å². The molecule has 0 saturated carbocycles. The highest BCUT2D eigenvalue weighted by Gasteiger charge is 2.26. The normalized spacial score (nSPS) is 19.2. The van der Waals surface area contributed by atoms with Crippen LogP contribution < -0.4 is 0 Å². The second-order valence-electron chi connectivity index (χ2n) is 4.70. The molecule has 0 unspecified atom stereocenters. The Bertz CT molecular complexity index is 658. The molecule has 2 aromatic heterocycles. The third kappa shape index (κ3) is 2.11. The quantitative estimate of drug-likeness (QED) is 0.887. The maximum Gasteiger partial charge on any atom is 0.297 e. The summed E-state index contributed by atoms with van der Waals surface area (Å²) < 4.78 is 26.6. The molecule has 0 aromatic carbocycles.